The molecule has 1 fully saturated rings. The quantitative estimate of drug-likeness (QED) is 0.526. The summed E-state index contributed by atoms with van der Waals surface area (Å²) in [6.45, 7) is 1.38. The van der Waals surface area contributed by atoms with Crippen molar-refractivity contribution in [1.82, 2.24) is 10.2 Å². The fourth-order valence-electron chi connectivity index (χ4n) is 1.80. The lowest BCUT2D eigenvalue weighted by Gasteiger charge is -2.22. The van der Waals surface area contributed by atoms with Crippen molar-refractivity contribution in [1.29, 1.82) is 0 Å². The van der Waals surface area contributed by atoms with Crippen LogP contribution in [0.4, 0.5) is 4.79 Å². The van der Waals surface area contributed by atoms with E-state index in [2.05, 4.69) is 10.1 Å². The van der Waals surface area contributed by atoms with Gasteiger partial charge in [-0.25, -0.2) is 4.79 Å². The zero-order chi connectivity index (χ0) is 10.4. The molecule has 14 heavy (non-hydrogen) atoms. The number of ether oxygens (including phenoxy) is 1. The summed E-state index contributed by atoms with van der Waals surface area (Å²) in [5.41, 5.74) is 0. The molecule has 1 saturated heterocycles. The van der Waals surface area contributed by atoms with E-state index in [0.29, 0.717) is 13.0 Å². The van der Waals surface area contributed by atoms with E-state index >= 15 is 0 Å². The standard InChI is InChI=1S/C9H16N2O3/c1-14-9(13)11-6-2-3-8(11)4-5-10-7-12/h7-8H,2-6H2,1H3,(H,10,12). The molecular weight excluding hydrogens is 184 g/mol. The second-order valence-electron chi connectivity index (χ2n) is 3.32. The average molecular weight is 200 g/mol. The first kappa shape index (κ1) is 10.8. The van der Waals surface area contributed by atoms with Crippen LogP contribution < -0.4 is 5.32 Å². The number of hydrogen-bond donors (Lipinski definition) is 1. The maximum Gasteiger partial charge on any atom is 0.409 e. The molecule has 0 aromatic rings. The summed E-state index contributed by atoms with van der Waals surface area (Å²) in [5, 5.41) is 2.59. The molecule has 0 spiro atoms. The van der Waals surface area contributed by atoms with Gasteiger partial charge in [0.1, 0.15) is 0 Å². The molecule has 80 valence electrons. The average Bonchev–Trinajstić information content (AvgIpc) is 2.65. The Morgan fingerprint density at radius 1 is 1.71 bits per heavy atom. The molecule has 1 N–H and O–H groups in total. The van der Waals surface area contributed by atoms with Crippen LogP contribution in [0.1, 0.15) is 19.3 Å². The van der Waals surface area contributed by atoms with Crippen LogP contribution in [-0.2, 0) is 9.53 Å². The molecule has 2 amide bonds. The Labute approximate surface area is 83.4 Å². The topological polar surface area (TPSA) is 58.6 Å². The number of methoxy groups -OCH3 is 1. The predicted molar refractivity (Wildman–Crippen MR) is 50.8 cm³/mol. The second-order valence-corrected chi connectivity index (χ2v) is 3.32. The smallest absolute Gasteiger partial charge is 0.409 e. The number of carbonyl (C=O) groups is 2. The summed E-state index contributed by atoms with van der Waals surface area (Å²) in [7, 11) is 1.39. The molecule has 1 aliphatic rings. The lowest BCUT2D eigenvalue weighted by Crippen LogP contribution is -2.37. The number of carbonyl (C=O) groups excluding carboxylic acids is 2. The maximum absolute atomic E-state index is 11.3. The third-order valence-corrected chi connectivity index (χ3v) is 2.49. The Hall–Kier alpha value is -1.26. The van der Waals surface area contributed by atoms with Crippen LogP contribution in [0.25, 0.3) is 0 Å². The van der Waals surface area contributed by atoms with E-state index in [0.717, 1.165) is 25.8 Å². The van der Waals surface area contributed by atoms with Crippen molar-refractivity contribution >= 4 is 12.5 Å². The van der Waals surface area contributed by atoms with Gasteiger partial charge in [0.2, 0.25) is 6.41 Å². The van der Waals surface area contributed by atoms with Crippen LogP contribution in [0.2, 0.25) is 0 Å². The molecule has 0 aliphatic carbocycles. The summed E-state index contributed by atoms with van der Waals surface area (Å²) >= 11 is 0. The highest BCUT2D eigenvalue weighted by Crippen LogP contribution is 2.20. The van der Waals surface area contributed by atoms with Gasteiger partial charge in [0.05, 0.1) is 7.11 Å². The van der Waals surface area contributed by atoms with Gasteiger partial charge in [-0.3, -0.25) is 4.79 Å². The second kappa shape index (κ2) is 5.47. The van der Waals surface area contributed by atoms with Gasteiger partial charge in [-0.1, -0.05) is 0 Å². The van der Waals surface area contributed by atoms with Gasteiger partial charge >= 0.3 is 6.09 Å². The Morgan fingerprint density at radius 3 is 3.14 bits per heavy atom. The molecule has 0 aromatic carbocycles. The van der Waals surface area contributed by atoms with Gasteiger partial charge in [0.15, 0.2) is 0 Å². The Balaban J connectivity index is 2.35. The van der Waals surface area contributed by atoms with Crippen molar-refractivity contribution in [2.75, 3.05) is 20.2 Å². The maximum atomic E-state index is 11.3. The van der Waals surface area contributed by atoms with E-state index in [1.54, 1.807) is 4.90 Å². The minimum Gasteiger partial charge on any atom is -0.453 e. The molecule has 5 nitrogen and oxygen atoms in total. The monoisotopic (exact) mass is 200 g/mol. The number of rotatable bonds is 4. The molecule has 5 heteroatoms. The molecule has 0 radical (unpaired) electrons. The fourth-order valence-corrected chi connectivity index (χ4v) is 1.80. The number of nitrogens with one attached hydrogen (secondary N) is 1. The van der Waals surface area contributed by atoms with Gasteiger partial charge in [0.25, 0.3) is 0 Å². The van der Waals surface area contributed by atoms with Gasteiger partial charge < -0.3 is 15.0 Å². The first-order chi connectivity index (χ1) is 6.79. The van der Waals surface area contributed by atoms with Gasteiger partial charge in [-0.05, 0) is 19.3 Å². The number of hydrogen-bond acceptors (Lipinski definition) is 3. The van der Waals surface area contributed by atoms with Gasteiger partial charge in [0, 0.05) is 19.1 Å². The molecule has 1 rings (SSSR count). The van der Waals surface area contributed by atoms with Crippen LogP contribution in [0.3, 0.4) is 0 Å². The minimum absolute atomic E-state index is 0.217. The molecule has 1 heterocycles. The molecule has 0 aromatic heterocycles. The van der Waals surface area contributed by atoms with Crippen LogP contribution in [0, 0.1) is 0 Å². The molecule has 1 unspecified atom stereocenters. The fraction of sp³-hybridized carbons (Fsp3) is 0.778. The lowest BCUT2D eigenvalue weighted by molar-refractivity contribution is -0.109. The van der Waals surface area contributed by atoms with Crippen molar-refractivity contribution in [2.24, 2.45) is 0 Å². The summed E-state index contributed by atoms with van der Waals surface area (Å²) in [6.07, 6.45) is 3.22. The number of amides is 2. The summed E-state index contributed by atoms with van der Waals surface area (Å²) in [4.78, 5) is 23.0. The largest absolute Gasteiger partial charge is 0.453 e. The molecule has 1 aliphatic heterocycles. The molecule has 1 atom stereocenters. The van der Waals surface area contributed by atoms with Gasteiger partial charge in [-0.15, -0.1) is 0 Å². The van der Waals surface area contributed by atoms with E-state index in [9.17, 15) is 9.59 Å². The van der Waals surface area contributed by atoms with Crippen molar-refractivity contribution in [3.05, 3.63) is 0 Å². The summed E-state index contributed by atoms with van der Waals surface area (Å²) in [6, 6.07) is 0.217. The van der Waals surface area contributed by atoms with Crippen molar-refractivity contribution in [2.45, 2.75) is 25.3 Å². The van der Waals surface area contributed by atoms with E-state index in [1.165, 1.54) is 7.11 Å². The predicted octanol–water partition coefficient (Wildman–Crippen LogP) is 0.353. The third-order valence-electron chi connectivity index (χ3n) is 2.49. The van der Waals surface area contributed by atoms with Crippen molar-refractivity contribution in [3.63, 3.8) is 0 Å². The molecular formula is C9H16N2O3. The number of nitrogens with zero attached hydrogens (tertiary/aromatic N) is 1. The zero-order valence-electron chi connectivity index (χ0n) is 8.36. The normalized spacial score (nSPS) is 20.6. The SMILES string of the molecule is COC(=O)N1CCCC1CCNC=O. The molecule has 0 saturated carbocycles. The van der Waals surface area contributed by atoms with Gasteiger partial charge in [-0.2, -0.15) is 0 Å². The lowest BCUT2D eigenvalue weighted by atomic mass is 10.1. The van der Waals surface area contributed by atoms with E-state index in [1.807, 2.05) is 0 Å². The Morgan fingerprint density at radius 2 is 2.50 bits per heavy atom. The van der Waals surface area contributed by atoms with E-state index < -0.39 is 0 Å². The highest BCUT2D eigenvalue weighted by Gasteiger charge is 2.28. The zero-order valence-corrected chi connectivity index (χ0v) is 8.36. The minimum atomic E-state index is -0.265. The Bertz CT molecular complexity index is 208. The Kier molecular flexibility index (Phi) is 4.22. The first-order valence-electron chi connectivity index (χ1n) is 4.81. The van der Waals surface area contributed by atoms with Crippen LogP contribution in [-0.4, -0.2) is 43.6 Å². The van der Waals surface area contributed by atoms with Crippen LogP contribution >= 0.6 is 0 Å². The highest BCUT2D eigenvalue weighted by molar-refractivity contribution is 5.68. The third kappa shape index (κ3) is 2.61. The van der Waals surface area contributed by atoms with Crippen molar-refractivity contribution in [3.8, 4) is 0 Å². The summed E-state index contributed by atoms with van der Waals surface area (Å²) < 4.78 is 4.67. The van der Waals surface area contributed by atoms with Crippen molar-refractivity contribution < 1.29 is 14.3 Å². The number of likely N-dealkylation sites (tertiary alicyclic amines) is 1. The van der Waals surface area contributed by atoms with E-state index in [4.69, 9.17) is 0 Å². The molecule has 0 bridgehead atoms. The first-order valence-corrected chi connectivity index (χ1v) is 4.81. The summed E-state index contributed by atoms with van der Waals surface area (Å²) in [5.74, 6) is 0. The highest BCUT2D eigenvalue weighted by atomic mass is 16.5. The van der Waals surface area contributed by atoms with Crippen LogP contribution in [0.5, 0.6) is 0 Å². The van der Waals surface area contributed by atoms with Crippen LogP contribution in [0.15, 0.2) is 0 Å². The van der Waals surface area contributed by atoms with E-state index in [-0.39, 0.29) is 12.1 Å².